The van der Waals surface area contributed by atoms with Gasteiger partial charge in [0.25, 0.3) is 0 Å². The molecule has 16 heavy (non-hydrogen) atoms. The van der Waals surface area contributed by atoms with E-state index in [1.54, 1.807) is 0 Å². The fraction of sp³-hybridized carbons (Fsp3) is 0.667. The Bertz CT molecular complexity index is 164. The Balaban J connectivity index is -0.0000000760. The second kappa shape index (κ2) is 21.2. The second-order valence-electron chi connectivity index (χ2n) is 3.31. The van der Waals surface area contributed by atoms with Crippen LogP contribution in [0.5, 0.6) is 0 Å². The van der Waals surface area contributed by atoms with Crippen molar-refractivity contribution in [1.82, 2.24) is 0 Å². The van der Waals surface area contributed by atoms with Gasteiger partial charge in [-0.2, -0.15) is 12.6 Å². The molecule has 0 saturated carbocycles. The molecule has 0 aliphatic heterocycles. The first-order valence-corrected chi connectivity index (χ1v) is 5.19. The molecule has 0 spiro atoms. The Morgan fingerprint density at radius 3 is 2.12 bits per heavy atom. The van der Waals surface area contributed by atoms with Gasteiger partial charge in [-0.15, -0.1) is 38.2 Å². The van der Waals surface area contributed by atoms with Crippen LogP contribution in [0, 0.1) is 6.08 Å². The number of nitrogens with one attached hydrogen (secondary N) is 1. The van der Waals surface area contributed by atoms with Gasteiger partial charge in [0.1, 0.15) is 0 Å². The van der Waals surface area contributed by atoms with Crippen molar-refractivity contribution in [2.24, 2.45) is 0 Å². The number of allylic oxidation sites excluding steroid dienone is 4. The number of hydrogen-bond donors (Lipinski definition) is 0. The first-order chi connectivity index (χ1) is 6.31. The Hall–Kier alpha value is 0.890. The summed E-state index contributed by atoms with van der Waals surface area (Å²) in [4.78, 5) is 0. The predicted octanol–water partition coefficient (Wildman–Crippen LogP) is 5.16. The third-order valence-electron chi connectivity index (χ3n) is 1.90. The van der Waals surface area contributed by atoms with Crippen LogP contribution in [0.1, 0.15) is 46.0 Å². The molecule has 0 heterocycles. The van der Waals surface area contributed by atoms with E-state index in [0.29, 0.717) is 6.54 Å². The number of unbranched alkanes of at least 4 members (excludes halogenated alkanes) is 3. The maximum atomic E-state index is 6.78. The van der Waals surface area contributed by atoms with E-state index < -0.39 is 0 Å². The van der Waals surface area contributed by atoms with Gasteiger partial charge < -0.3 is 5.73 Å². The van der Waals surface area contributed by atoms with Gasteiger partial charge in [-0.05, 0) is 0 Å². The van der Waals surface area contributed by atoms with Gasteiger partial charge in [0, 0.05) is 25.8 Å². The zero-order chi connectivity index (χ0) is 9.94. The van der Waals surface area contributed by atoms with Crippen LogP contribution in [-0.4, -0.2) is 6.54 Å². The standard InChI is InChI=1S/C6H14N.C6H7.2ClH.Hf/c1-2-3-4-5-6-7;1-6-4-2-3-5-6;;;/h7H,2-6H2,1H3;4-5H,2H2,1H3;2*1H;/q2*-1;;;. The van der Waals surface area contributed by atoms with Crippen LogP contribution in [0.25, 0.3) is 5.73 Å². The summed E-state index contributed by atoms with van der Waals surface area (Å²) >= 11 is 0. The third kappa shape index (κ3) is 20.3. The SMILES string of the molecule is CC1=CC[C-]=C1.CCCCCC[NH-].Cl.Cl.[Hf]. The van der Waals surface area contributed by atoms with Crippen molar-refractivity contribution in [3.63, 3.8) is 0 Å². The predicted molar refractivity (Wildman–Crippen MR) is 74.0 cm³/mol. The summed E-state index contributed by atoms with van der Waals surface area (Å²) < 4.78 is 0. The molecule has 96 valence electrons. The smallest absolute Gasteiger partial charge is 0 e. The normalized spacial score (nSPS) is 11.1. The van der Waals surface area contributed by atoms with E-state index in [-0.39, 0.29) is 50.7 Å². The van der Waals surface area contributed by atoms with E-state index in [2.05, 4.69) is 26.0 Å². The molecule has 1 aliphatic rings. The molecule has 1 aliphatic carbocycles. The fourth-order valence-electron chi connectivity index (χ4n) is 1.05. The molecule has 0 aromatic rings. The van der Waals surface area contributed by atoms with Crippen LogP contribution >= 0.6 is 24.8 Å². The van der Waals surface area contributed by atoms with Gasteiger partial charge in [0.05, 0.1) is 0 Å². The Kier molecular flexibility index (Phi) is 34.0. The summed E-state index contributed by atoms with van der Waals surface area (Å²) in [5, 5.41) is 0. The summed E-state index contributed by atoms with van der Waals surface area (Å²) in [5.41, 5.74) is 8.12. The van der Waals surface area contributed by atoms with Gasteiger partial charge in [0.2, 0.25) is 0 Å². The fourth-order valence-corrected chi connectivity index (χ4v) is 1.05. The molecule has 1 N–H and O–H groups in total. The van der Waals surface area contributed by atoms with Gasteiger partial charge in [-0.1, -0.05) is 32.6 Å². The minimum absolute atomic E-state index is 0. The molecule has 0 atom stereocenters. The molecule has 0 aromatic carbocycles. The van der Waals surface area contributed by atoms with Crippen molar-refractivity contribution in [2.45, 2.75) is 46.0 Å². The molecule has 1 nitrogen and oxygen atoms in total. The van der Waals surface area contributed by atoms with Crippen molar-refractivity contribution >= 4 is 24.8 Å². The van der Waals surface area contributed by atoms with Crippen LogP contribution in [-0.2, 0) is 25.8 Å². The van der Waals surface area contributed by atoms with Crippen molar-refractivity contribution < 1.29 is 25.8 Å². The number of rotatable bonds is 4. The van der Waals surface area contributed by atoms with E-state index in [4.69, 9.17) is 5.73 Å². The van der Waals surface area contributed by atoms with Gasteiger partial charge in [-0.25, -0.2) is 11.6 Å². The third-order valence-corrected chi connectivity index (χ3v) is 1.90. The maximum absolute atomic E-state index is 6.78. The van der Waals surface area contributed by atoms with Crippen LogP contribution < -0.4 is 0 Å². The number of halogens is 2. The topological polar surface area (TPSA) is 23.8 Å². The molecule has 0 bridgehead atoms. The summed E-state index contributed by atoms with van der Waals surface area (Å²) in [6.45, 7) is 4.88. The summed E-state index contributed by atoms with van der Waals surface area (Å²) in [6.07, 6.45) is 13.2. The summed E-state index contributed by atoms with van der Waals surface area (Å²) in [6, 6.07) is 0. The molecule has 0 amide bonds. The molecular formula is C12H23Cl2HfN-2. The van der Waals surface area contributed by atoms with E-state index in [1.165, 1.54) is 24.8 Å². The van der Waals surface area contributed by atoms with E-state index in [1.807, 2.05) is 6.08 Å². The molecule has 0 radical (unpaired) electrons. The first kappa shape index (κ1) is 25.7. The summed E-state index contributed by atoms with van der Waals surface area (Å²) in [5.74, 6) is 0. The average molecular weight is 431 g/mol. The quantitative estimate of drug-likeness (QED) is 0.334. The average Bonchev–Trinajstić information content (AvgIpc) is 2.58. The summed E-state index contributed by atoms with van der Waals surface area (Å²) in [7, 11) is 0. The van der Waals surface area contributed by atoms with E-state index in [0.717, 1.165) is 12.8 Å². The van der Waals surface area contributed by atoms with Gasteiger partial charge in [-0.3, -0.25) is 6.08 Å². The van der Waals surface area contributed by atoms with Crippen LogP contribution in [0.3, 0.4) is 0 Å². The zero-order valence-corrected chi connectivity index (χ0v) is 15.4. The zero-order valence-electron chi connectivity index (χ0n) is 10.2. The Morgan fingerprint density at radius 2 is 1.88 bits per heavy atom. The second-order valence-corrected chi connectivity index (χ2v) is 3.31. The van der Waals surface area contributed by atoms with E-state index >= 15 is 0 Å². The van der Waals surface area contributed by atoms with Gasteiger partial charge >= 0.3 is 0 Å². The minimum Gasteiger partial charge on any atom is -0.677 e. The monoisotopic (exact) mass is 431 g/mol. The Morgan fingerprint density at radius 1 is 1.25 bits per heavy atom. The molecule has 1 rings (SSSR count). The van der Waals surface area contributed by atoms with Crippen LogP contribution in [0.4, 0.5) is 0 Å². The van der Waals surface area contributed by atoms with Crippen molar-refractivity contribution in [2.75, 3.05) is 6.54 Å². The van der Waals surface area contributed by atoms with Crippen LogP contribution in [0.2, 0.25) is 0 Å². The van der Waals surface area contributed by atoms with Gasteiger partial charge in [0.15, 0.2) is 0 Å². The first-order valence-electron chi connectivity index (χ1n) is 5.19. The van der Waals surface area contributed by atoms with Crippen LogP contribution in [0.15, 0.2) is 17.7 Å². The van der Waals surface area contributed by atoms with Crippen molar-refractivity contribution in [1.29, 1.82) is 0 Å². The molecule has 0 aromatic heterocycles. The molecular weight excluding hydrogens is 408 g/mol. The molecule has 0 unspecified atom stereocenters. The Labute approximate surface area is 132 Å². The minimum atomic E-state index is 0. The molecule has 0 fully saturated rings. The van der Waals surface area contributed by atoms with Crippen molar-refractivity contribution in [3.8, 4) is 0 Å². The number of hydrogen-bond acceptors (Lipinski definition) is 0. The largest absolute Gasteiger partial charge is 0.677 e. The molecule has 4 heteroatoms. The molecule has 0 saturated heterocycles. The van der Waals surface area contributed by atoms with Crippen molar-refractivity contribution in [3.05, 3.63) is 29.5 Å². The maximum Gasteiger partial charge on any atom is 0 e. The van der Waals surface area contributed by atoms with E-state index in [9.17, 15) is 0 Å².